The second-order valence-corrected chi connectivity index (χ2v) is 6.52. The minimum atomic E-state index is -3.21. The third kappa shape index (κ3) is 7.83. The van der Waals surface area contributed by atoms with Crippen LogP contribution in [0.25, 0.3) is 0 Å². The van der Waals surface area contributed by atoms with Gasteiger partial charge in [-0.15, -0.1) is 0 Å². The van der Waals surface area contributed by atoms with Crippen LogP contribution in [0.2, 0.25) is 0 Å². The molecule has 0 aromatic carbocycles. The lowest BCUT2D eigenvalue weighted by Gasteiger charge is -2.32. The third-order valence-electron chi connectivity index (χ3n) is 2.05. The molecule has 0 saturated heterocycles. The number of hydrogen-bond donors (Lipinski definition) is 2. The molecule has 3 heteroatoms. The van der Waals surface area contributed by atoms with Crippen LogP contribution in [0.5, 0.6) is 0 Å². The number of carbonyl (C=O) groups excluding carboxylic acids is 1. The lowest BCUT2D eigenvalue weighted by molar-refractivity contribution is -0.129. The van der Waals surface area contributed by atoms with Crippen LogP contribution in [0.1, 0.15) is 77.2 Å². The normalized spacial score (nSPS) is 26.3. The Morgan fingerprint density at radius 1 is 1.28 bits per heavy atom. The van der Waals surface area contributed by atoms with E-state index < -0.39 is 47.9 Å². The largest absolute Gasteiger partial charge is 0.328 e. The molecule has 0 amide bonds. The predicted octanol–water partition coefficient (Wildman–Crippen LogP) is 2.88. The Morgan fingerprint density at radius 2 is 1.78 bits per heavy atom. The summed E-state index contributed by atoms with van der Waals surface area (Å²) in [5, 5.41) is 2.80. The van der Waals surface area contributed by atoms with Crippen molar-refractivity contribution in [3.63, 3.8) is 0 Å². The molecule has 1 unspecified atom stereocenters. The van der Waals surface area contributed by atoms with Crippen molar-refractivity contribution < 1.29 is 14.4 Å². The zero-order valence-electron chi connectivity index (χ0n) is 19.6. The van der Waals surface area contributed by atoms with Crippen LogP contribution >= 0.6 is 0 Å². The summed E-state index contributed by atoms with van der Waals surface area (Å²) in [4.78, 5) is 12.8. The van der Waals surface area contributed by atoms with E-state index in [9.17, 15) is 4.79 Å². The average Bonchev–Trinajstić information content (AvgIpc) is 2.30. The molecule has 3 N–H and O–H groups in total. The van der Waals surface area contributed by atoms with E-state index in [-0.39, 0.29) is 0 Å². The highest BCUT2D eigenvalue weighted by Gasteiger charge is 2.31. The van der Waals surface area contributed by atoms with Crippen molar-refractivity contribution in [3.8, 4) is 0 Å². The molecule has 3 nitrogen and oxygen atoms in total. The maximum atomic E-state index is 12.8. The fourth-order valence-corrected chi connectivity index (χ4v) is 1.24. The van der Waals surface area contributed by atoms with Crippen LogP contribution in [-0.4, -0.2) is 23.4 Å². The number of nitrogens with two attached hydrogens (primary N) is 1. The van der Waals surface area contributed by atoms with E-state index >= 15 is 0 Å². The first-order valence-electron chi connectivity index (χ1n) is 9.61. The number of nitrogens with one attached hydrogen (secondary N) is 1. The Hall–Kier alpha value is -0.410. The quantitative estimate of drug-likeness (QED) is 0.775. The summed E-state index contributed by atoms with van der Waals surface area (Å²) in [5.41, 5.74) is 3.76. The van der Waals surface area contributed by atoms with Crippen LogP contribution in [-0.2, 0) is 4.79 Å². The van der Waals surface area contributed by atoms with Gasteiger partial charge in [0.15, 0.2) is 5.78 Å². The van der Waals surface area contributed by atoms with Crippen molar-refractivity contribution in [1.82, 2.24) is 5.32 Å². The maximum absolute atomic E-state index is 12.8. The molecule has 0 spiro atoms. The van der Waals surface area contributed by atoms with Gasteiger partial charge in [-0.05, 0) is 46.8 Å². The van der Waals surface area contributed by atoms with Crippen LogP contribution in [0.3, 0.4) is 0 Å². The smallest absolute Gasteiger partial charge is 0.155 e. The molecule has 0 aromatic rings. The van der Waals surface area contributed by atoms with Gasteiger partial charge in [0, 0.05) is 26.6 Å². The van der Waals surface area contributed by atoms with Crippen molar-refractivity contribution in [2.24, 2.45) is 11.1 Å². The van der Waals surface area contributed by atoms with Gasteiger partial charge in [-0.3, -0.25) is 4.79 Å². The van der Waals surface area contributed by atoms with Gasteiger partial charge in [0.05, 0.1) is 6.04 Å². The second kappa shape index (κ2) is 6.67. The number of rotatable bonds is 6. The molecular weight excluding hydrogens is 224 g/mol. The first-order chi connectivity index (χ1) is 10.5. The molecule has 0 aliphatic carbocycles. The molecule has 0 aliphatic heterocycles. The predicted molar refractivity (Wildman–Crippen MR) is 78.6 cm³/mol. The monoisotopic (exact) mass is 263 g/mol. The van der Waals surface area contributed by atoms with Gasteiger partial charge in [0.2, 0.25) is 0 Å². The van der Waals surface area contributed by atoms with Crippen LogP contribution < -0.4 is 11.1 Å². The Morgan fingerprint density at radius 3 is 2.11 bits per heavy atom. The van der Waals surface area contributed by atoms with Gasteiger partial charge in [-0.1, -0.05) is 20.8 Å². The summed E-state index contributed by atoms with van der Waals surface area (Å²) in [6.45, 7) is 10.8. The lowest BCUT2D eigenvalue weighted by atomic mass is 9.83. The molecule has 0 aliphatic rings. The number of ketones is 1. The summed E-state index contributed by atoms with van der Waals surface area (Å²) >= 11 is 0. The first-order valence-corrected chi connectivity index (χ1v) is 6.11. The van der Waals surface area contributed by atoms with E-state index in [0.29, 0.717) is 0 Å². The third-order valence-corrected chi connectivity index (χ3v) is 2.05. The number of carbonyl (C=O) groups is 1. The standard InChI is InChI=1S/C15H32N2O/c1-11(16)9-8-10-12(17-15(5,6)7)13(18)14(2,3)4/h11-12,17H,8-10,16H2,1-7H3/t11?,12-/m0/s1/i8D2,9D2,10D2,11D. The summed E-state index contributed by atoms with van der Waals surface area (Å²) in [6, 6.07) is -4.03. The van der Waals surface area contributed by atoms with E-state index in [1.807, 2.05) is 0 Å². The highest BCUT2D eigenvalue weighted by atomic mass is 16.1. The Kier molecular flexibility index (Phi) is 3.22. The zero-order valence-corrected chi connectivity index (χ0v) is 12.6. The molecule has 2 atom stereocenters. The fourth-order valence-electron chi connectivity index (χ4n) is 1.24. The van der Waals surface area contributed by atoms with Gasteiger partial charge in [-0.25, -0.2) is 0 Å². The Labute approximate surface area is 123 Å². The summed E-state index contributed by atoms with van der Waals surface area (Å²) in [6.07, 6.45) is -9.23. The zero-order chi connectivity index (χ0) is 20.9. The number of hydrogen-bond acceptors (Lipinski definition) is 3. The van der Waals surface area contributed by atoms with Gasteiger partial charge in [-0.2, -0.15) is 0 Å². The van der Waals surface area contributed by atoms with Crippen molar-refractivity contribution in [3.05, 3.63) is 0 Å². The summed E-state index contributed by atoms with van der Waals surface area (Å²) in [7, 11) is 0. The highest BCUT2D eigenvalue weighted by Crippen LogP contribution is 2.21. The molecular formula is C15H32N2O. The minimum absolute atomic E-state index is 0.587. The molecule has 0 bridgehead atoms. The van der Waals surface area contributed by atoms with Crippen molar-refractivity contribution >= 4 is 5.78 Å². The van der Waals surface area contributed by atoms with E-state index in [4.69, 9.17) is 15.3 Å². The molecule has 108 valence electrons. The second-order valence-electron chi connectivity index (χ2n) is 6.52. The average molecular weight is 263 g/mol. The van der Waals surface area contributed by atoms with E-state index in [1.54, 1.807) is 41.5 Å². The van der Waals surface area contributed by atoms with Crippen molar-refractivity contribution in [1.29, 1.82) is 0 Å². The maximum Gasteiger partial charge on any atom is 0.155 e. The van der Waals surface area contributed by atoms with Gasteiger partial charge in [0.1, 0.15) is 0 Å². The molecule has 0 fully saturated rings. The van der Waals surface area contributed by atoms with Gasteiger partial charge < -0.3 is 11.1 Å². The van der Waals surface area contributed by atoms with Gasteiger partial charge in [0.25, 0.3) is 0 Å². The van der Waals surface area contributed by atoms with E-state index in [1.165, 1.54) is 0 Å². The van der Waals surface area contributed by atoms with E-state index in [2.05, 4.69) is 5.32 Å². The van der Waals surface area contributed by atoms with Gasteiger partial charge >= 0.3 is 0 Å². The van der Waals surface area contributed by atoms with Crippen LogP contribution in [0, 0.1) is 5.41 Å². The molecule has 0 rings (SSSR count). The summed E-state index contributed by atoms with van der Waals surface area (Å²) < 4.78 is 56.6. The topological polar surface area (TPSA) is 55.1 Å². The van der Waals surface area contributed by atoms with E-state index in [0.717, 1.165) is 6.92 Å². The highest BCUT2D eigenvalue weighted by molar-refractivity contribution is 5.88. The number of Topliss-reactive ketones (excluding diaryl/α,β-unsaturated/α-hetero) is 1. The summed E-state index contributed by atoms with van der Waals surface area (Å²) in [5.74, 6) is -0.587. The first kappa shape index (κ1) is 8.70. The SMILES string of the molecule is [2H]C(C)(N)C([2H])([2H])C([2H])([2H])C([2H])([2H])[C@H](NC(C)(C)C)C(=O)C(C)(C)C. The molecule has 18 heavy (non-hydrogen) atoms. The fraction of sp³-hybridized carbons (Fsp3) is 0.933. The lowest BCUT2D eigenvalue weighted by Crippen LogP contribution is -2.50. The van der Waals surface area contributed by atoms with Crippen molar-refractivity contribution in [2.45, 2.75) is 85.2 Å². The molecule has 0 saturated carbocycles. The molecule has 0 heterocycles. The van der Waals surface area contributed by atoms with Crippen LogP contribution in [0.15, 0.2) is 0 Å². The Bertz CT molecular complexity index is 499. The minimum Gasteiger partial charge on any atom is -0.328 e. The van der Waals surface area contributed by atoms with Crippen molar-refractivity contribution in [2.75, 3.05) is 0 Å². The van der Waals surface area contributed by atoms with Crippen LogP contribution in [0.4, 0.5) is 0 Å². The molecule has 0 radical (unpaired) electrons. The Balaban J connectivity index is 6.36. The molecule has 0 aromatic heterocycles.